The molecule has 55 heavy (non-hydrogen) atoms. The van der Waals surface area contributed by atoms with Gasteiger partial charge >= 0.3 is 0 Å². The molecule has 290 valence electrons. The Morgan fingerprint density at radius 2 is 1.55 bits per heavy atom. The molecule has 0 amide bonds. The van der Waals surface area contributed by atoms with Crippen molar-refractivity contribution in [3.05, 3.63) is 108 Å². The van der Waals surface area contributed by atoms with Crippen LogP contribution in [-0.2, 0) is 24.1 Å². The zero-order valence-electron chi connectivity index (χ0n) is 31.9. The lowest BCUT2D eigenvalue weighted by atomic mass is 9.80. The van der Waals surface area contributed by atoms with Crippen LogP contribution in [0.1, 0.15) is 63.5 Å². The molecule has 1 fully saturated rings. The lowest BCUT2D eigenvalue weighted by molar-refractivity contribution is -0.201. The molecule has 1 aliphatic heterocycles. The van der Waals surface area contributed by atoms with Crippen LogP contribution in [0, 0.1) is 11.3 Å². The Bertz CT molecular complexity index is 1990. The Morgan fingerprint density at radius 3 is 2.11 bits per heavy atom. The van der Waals surface area contributed by atoms with E-state index in [1.807, 2.05) is 107 Å². The van der Waals surface area contributed by atoms with Crippen molar-refractivity contribution in [2.45, 2.75) is 76.3 Å². The molecule has 6 rings (SSSR count). The fourth-order valence-corrected chi connectivity index (χ4v) is 8.67. The third-order valence-corrected chi connectivity index (χ3v) is 11.7. The second-order valence-electron chi connectivity index (χ2n) is 13.7. The van der Waals surface area contributed by atoms with Crippen LogP contribution in [0.2, 0.25) is 0 Å². The number of rotatable bonds is 17. The summed E-state index contributed by atoms with van der Waals surface area (Å²) in [5, 5.41) is 22.2. The second-order valence-corrected chi connectivity index (χ2v) is 15.0. The monoisotopic (exact) mass is 769 g/mol. The van der Waals surface area contributed by atoms with Crippen LogP contribution in [0.5, 0.6) is 11.5 Å². The van der Waals surface area contributed by atoms with E-state index in [9.17, 15) is 10.4 Å². The summed E-state index contributed by atoms with van der Waals surface area (Å²) < 4.78 is 41.8. The summed E-state index contributed by atoms with van der Waals surface area (Å²) >= 11 is 0. The highest BCUT2D eigenvalue weighted by Crippen LogP contribution is 2.54. The average molecular weight is 770 g/mol. The SMILES string of the molecule is COc1ccc(C(OC[C@H]2O[C@@H](n3cnc4c(N)ncnc43)C[C@@]2(O)OP(OCCC#N)N(C(C)C)C(C)C)(c2ccccc2)c2ccc(OC)cc2)cc1. The van der Waals surface area contributed by atoms with Gasteiger partial charge in [-0.25, -0.2) is 19.6 Å². The molecule has 0 radical (unpaired) electrons. The summed E-state index contributed by atoms with van der Waals surface area (Å²) in [6.45, 7) is 8.10. The van der Waals surface area contributed by atoms with E-state index >= 15 is 0 Å². The molecule has 3 N–H and O–H groups in total. The summed E-state index contributed by atoms with van der Waals surface area (Å²) in [6, 6.07) is 27.4. The molecule has 3 heterocycles. The van der Waals surface area contributed by atoms with Crippen LogP contribution >= 0.6 is 8.53 Å². The molecule has 0 spiro atoms. The minimum absolute atomic E-state index is 0.0160. The van der Waals surface area contributed by atoms with Crippen LogP contribution in [0.3, 0.4) is 0 Å². The van der Waals surface area contributed by atoms with Gasteiger partial charge in [-0.2, -0.15) is 5.26 Å². The average Bonchev–Trinajstić information content (AvgIpc) is 3.77. The van der Waals surface area contributed by atoms with E-state index in [4.69, 9.17) is 33.7 Å². The van der Waals surface area contributed by atoms with Gasteiger partial charge in [-0.15, -0.1) is 0 Å². The predicted octanol–water partition coefficient (Wildman–Crippen LogP) is 6.70. The number of nitriles is 1. The van der Waals surface area contributed by atoms with Gasteiger partial charge in [0, 0.05) is 12.1 Å². The molecule has 15 heteroatoms. The first-order chi connectivity index (χ1) is 26.5. The van der Waals surface area contributed by atoms with Crippen LogP contribution in [-0.4, -0.2) is 80.7 Å². The molecule has 2 aromatic heterocycles. The number of imidazole rings is 1. The van der Waals surface area contributed by atoms with Crippen molar-refractivity contribution in [3.63, 3.8) is 0 Å². The molecule has 0 bridgehead atoms. The highest BCUT2D eigenvalue weighted by molar-refractivity contribution is 7.44. The number of aliphatic hydroxyl groups is 1. The summed E-state index contributed by atoms with van der Waals surface area (Å²) in [4.78, 5) is 13.0. The molecule has 0 aliphatic carbocycles. The molecule has 1 saturated heterocycles. The van der Waals surface area contributed by atoms with E-state index in [1.165, 1.54) is 6.33 Å². The Labute approximate surface area is 322 Å². The number of anilines is 1. The van der Waals surface area contributed by atoms with Crippen molar-refractivity contribution in [2.75, 3.05) is 33.2 Å². The standard InChI is InChI=1S/C40H48N7O7P/c1-27(2)47(28(3)4)55(52-22-10-21-41)54-39(48)23-35(46-26-45-36-37(42)43-25-44-38(36)46)53-34(39)24-51-40(29-11-8-7-9-12-29,30-13-17-32(49-5)18-14-30)31-15-19-33(50-6)20-16-31/h7-9,11-20,25-28,34-35,48H,10,22-24H2,1-6H3,(H2,42,43,44)/t34-,35-,39-,55?/m1/s1. The van der Waals surface area contributed by atoms with Crippen LogP contribution in [0.15, 0.2) is 91.5 Å². The van der Waals surface area contributed by atoms with Gasteiger partial charge in [0.1, 0.15) is 41.3 Å². The van der Waals surface area contributed by atoms with Crippen molar-refractivity contribution in [1.29, 1.82) is 5.26 Å². The zero-order chi connectivity index (χ0) is 39.2. The Kier molecular flexibility index (Phi) is 12.6. The van der Waals surface area contributed by atoms with Crippen LogP contribution in [0.25, 0.3) is 11.2 Å². The first kappa shape index (κ1) is 40.0. The lowest BCUT2D eigenvalue weighted by Crippen LogP contribution is -2.47. The minimum Gasteiger partial charge on any atom is -0.497 e. The molecular formula is C40H48N7O7P. The predicted molar refractivity (Wildman–Crippen MR) is 208 cm³/mol. The van der Waals surface area contributed by atoms with Crippen molar-refractivity contribution in [3.8, 4) is 17.6 Å². The van der Waals surface area contributed by atoms with Crippen molar-refractivity contribution < 1.29 is 33.1 Å². The van der Waals surface area contributed by atoms with Crippen LogP contribution < -0.4 is 15.2 Å². The first-order valence-corrected chi connectivity index (χ1v) is 19.2. The molecule has 5 aromatic rings. The number of nitrogens with zero attached hydrogens (tertiary/aromatic N) is 6. The van der Waals surface area contributed by atoms with Gasteiger partial charge in [0.05, 0.1) is 52.7 Å². The van der Waals surface area contributed by atoms with Crippen molar-refractivity contribution >= 4 is 25.5 Å². The largest absolute Gasteiger partial charge is 0.497 e. The Hall–Kier alpha value is -4.71. The number of benzene rings is 3. The zero-order valence-corrected chi connectivity index (χ0v) is 32.8. The number of aromatic nitrogens is 4. The molecule has 14 nitrogen and oxygen atoms in total. The maximum Gasteiger partial charge on any atom is 0.261 e. The first-order valence-electron chi connectivity index (χ1n) is 18.1. The number of nitrogens with two attached hydrogens (primary N) is 1. The number of fused-ring (bicyclic) bond motifs is 1. The molecular weight excluding hydrogens is 721 g/mol. The lowest BCUT2D eigenvalue weighted by Gasteiger charge is -2.41. The number of methoxy groups -OCH3 is 2. The van der Waals surface area contributed by atoms with E-state index in [0.29, 0.717) is 22.7 Å². The molecule has 0 saturated carbocycles. The quantitative estimate of drug-likeness (QED) is 0.0443. The Morgan fingerprint density at radius 1 is 0.945 bits per heavy atom. The molecule has 3 aromatic carbocycles. The number of nitrogen functional groups attached to an aromatic ring is 1. The minimum atomic E-state index is -1.96. The van der Waals surface area contributed by atoms with Gasteiger partial charge in [-0.05, 0) is 68.7 Å². The fraction of sp³-hybridized carbons (Fsp3) is 0.400. The number of hydrogen-bond acceptors (Lipinski definition) is 13. The molecule has 1 aliphatic rings. The van der Waals surface area contributed by atoms with Crippen molar-refractivity contribution in [2.24, 2.45) is 0 Å². The third kappa shape index (κ3) is 8.29. The molecule has 4 atom stereocenters. The van der Waals surface area contributed by atoms with E-state index < -0.39 is 32.2 Å². The summed E-state index contributed by atoms with van der Waals surface area (Å²) in [5.74, 6) is -0.361. The van der Waals surface area contributed by atoms with E-state index in [1.54, 1.807) is 25.1 Å². The number of ether oxygens (including phenoxy) is 4. The van der Waals surface area contributed by atoms with Gasteiger partial charge in [0.2, 0.25) is 5.79 Å². The van der Waals surface area contributed by atoms with Gasteiger partial charge in [0.15, 0.2) is 11.5 Å². The third-order valence-electron chi connectivity index (χ3n) is 9.51. The maximum absolute atomic E-state index is 12.8. The fourth-order valence-electron chi connectivity index (χ4n) is 6.93. The topological polar surface area (TPSA) is 172 Å². The highest BCUT2D eigenvalue weighted by atomic mass is 31.2. The highest BCUT2D eigenvalue weighted by Gasteiger charge is 2.54. The molecule has 1 unspecified atom stereocenters. The normalized spacial score (nSPS) is 19.3. The van der Waals surface area contributed by atoms with Gasteiger partial charge in [-0.1, -0.05) is 54.6 Å². The maximum atomic E-state index is 12.8. The van der Waals surface area contributed by atoms with E-state index in [-0.39, 0.29) is 44.0 Å². The second kappa shape index (κ2) is 17.4. The summed E-state index contributed by atoms with van der Waals surface area (Å²) in [7, 11) is 1.34. The smallest absolute Gasteiger partial charge is 0.261 e. The Balaban J connectivity index is 1.46. The summed E-state index contributed by atoms with van der Waals surface area (Å²) in [6.07, 6.45) is 1.17. The van der Waals surface area contributed by atoms with Crippen molar-refractivity contribution in [1.82, 2.24) is 24.2 Å². The number of hydrogen-bond donors (Lipinski definition) is 2. The summed E-state index contributed by atoms with van der Waals surface area (Å²) in [5.41, 5.74) is 8.24. The van der Waals surface area contributed by atoms with Crippen LogP contribution in [0.4, 0.5) is 5.82 Å². The van der Waals surface area contributed by atoms with Gasteiger partial charge < -0.3 is 34.3 Å². The van der Waals surface area contributed by atoms with E-state index in [2.05, 4.69) is 25.7 Å². The van der Waals surface area contributed by atoms with Gasteiger partial charge in [-0.3, -0.25) is 9.09 Å². The van der Waals surface area contributed by atoms with E-state index in [0.717, 1.165) is 16.7 Å². The van der Waals surface area contributed by atoms with Gasteiger partial charge in [0.25, 0.3) is 8.53 Å².